The van der Waals surface area contributed by atoms with Crippen LogP contribution in [0.1, 0.15) is 49.2 Å². The summed E-state index contributed by atoms with van der Waals surface area (Å²) >= 11 is 1.40. The molecule has 2 heterocycles. The van der Waals surface area contributed by atoms with Crippen molar-refractivity contribution in [2.24, 2.45) is 11.8 Å². The van der Waals surface area contributed by atoms with Crippen LogP contribution in [0.5, 0.6) is 0 Å². The molecule has 1 aliphatic carbocycles. The van der Waals surface area contributed by atoms with E-state index in [1.807, 2.05) is 4.90 Å². The van der Waals surface area contributed by atoms with Crippen LogP contribution < -0.4 is 11.1 Å². The van der Waals surface area contributed by atoms with Crippen LogP contribution >= 0.6 is 11.3 Å². The summed E-state index contributed by atoms with van der Waals surface area (Å²) in [6, 6.07) is 0.508. The number of hydrogen-bond donors (Lipinski definition) is 2. The molecule has 1 aliphatic heterocycles. The Hall–Kier alpha value is -1.30. The number of anilines is 2. The third kappa shape index (κ3) is 3.15. The molecule has 1 saturated heterocycles. The van der Waals surface area contributed by atoms with Gasteiger partial charge in [0.2, 0.25) is 0 Å². The summed E-state index contributed by atoms with van der Waals surface area (Å²) in [5, 5.41) is 4.16. The van der Waals surface area contributed by atoms with Gasteiger partial charge in [-0.1, -0.05) is 25.2 Å². The maximum atomic E-state index is 12.7. The van der Waals surface area contributed by atoms with Crippen molar-refractivity contribution in [2.75, 3.05) is 24.1 Å². The van der Waals surface area contributed by atoms with Crippen LogP contribution in [0.3, 0.4) is 0 Å². The molecule has 21 heavy (non-hydrogen) atoms. The molecule has 2 fully saturated rings. The Balaban J connectivity index is 1.71. The predicted molar refractivity (Wildman–Crippen MR) is 86.6 cm³/mol. The summed E-state index contributed by atoms with van der Waals surface area (Å²) in [6.07, 6.45) is 4.83. The maximum Gasteiger partial charge on any atom is 0.267 e. The number of nitrogens with one attached hydrogen (secondary N) is 1. The fourth-order valence-corrected chi connectivity index (χ4v) is 4.18. The summed E-state index contributed by atoms with van der Waals surface area (Å²) in [6.45, 7) is 6.06. The molecule has 1 aromatic rings. The van der Waals surface area contributed by atoms with Gasteiger partial charge in [0.15, 0.2) is 5.13 Å². The number of aromatic nitrogens is 1. The average Bonchev–Trinajstić information content (AvgIpc) is 2.73. The van der Waals surface area contributed by atoms with Gasteiger partial charge in [-0.05, 0) is 37.5 Å². The molecule has 1 amide bonds. The SMILES string of the molecule is CC1CC(C)CN(C(=O)c2sc(NC3CCC3)nc2N)C1. The first-order valence-electron chi connectivity index (χ1n) is 7.85. The predicted octanol–water partition coefficient (Wildman–Crippen LogP) is 2.81. The van der Waals surface area contributed by atoms with Crippen molar-refractivity contribution in [1.82, 2.24) is 9.88 Å². The van der Waals surface area contributed by atoms with Crippen molar-refractivity contribution in [3.8, 4) is 0 Å². The molecule has 0 bridgehead atoms. The lowest BCUT2D eigenvalue weighted by Crippen LogP contribution is -2.42. The van der Waals surface area contributed by atoms with Gasteiger partial charge in [0, 0.05) is 19.1 Å². The Bertz CT molecular complexity index is 516. The minimum absolute atomic E-state index is 0.0464. The second-order valence-corrected chi connectivity index (χ2v) is 7.66. The number of carbonyl (C=O) groups is 1. The van der Waals surface area contributed by atoms with Gasteiger partial charge in [-0.25, -0.2) is 4.98 Å². The fourth-order valence-electron chi connectivity index (χ4n) is 3.25. The highest BCUT2D eigenvalue weighted by Gasteiger charge is 2.29. The van der Waals surface area contributed by atoms with Crippen LogP contribution in [0.15, 0.2) is 0 Å². The van der Waals surface area contributed by atoms with E-state index in [0.717, 1.165) is 18.2 Å². The molecule has 0 aromatic carbocycles. The molecule has 1 aromatic heterocycles. The molecule has 2 aliphatic rings. The second kappa shape index (κ2) is 5.83. The lowest BCUT2D eigenvalue weighted by atomic mass is 9.92. The van der Waals surface area contributed by atoms with E-state index in [-0.39, 0.29) is 5.91 Å². The Morgan fingerprint density at radius 2 is 2.00 bits per heavy atom. The molecule has 2 unspecified atom stereocenters. The quantitative estimate of drug-likeness (QED) is 0.900. The lowest BCUT2D eigenvalue weighted by molar-refractivity contribution is 0.0629. The van der Waals surface area contributed by atoms with Gasteiger partial charge in [0.05, 0.1) is 0 Å². The lowest BCUT2D eigenvalue weighted by Gasteiger charge is -2.34. The summed E-state index contributed by atoms with van der Waals surface area (Å²) in [7, 11) is 0. The van der Waals surface area contributed by atoms with E-state index in [1.165, 1.54) is 37.0 Å². The number of nitrogens with two attached hydrogens (primary N) is 1. The summed E-state index contributed by atoms with van der Waals surface area (Å²) < 4.78 is 0. The third-order valence-corrected chi connectivity index (χ3v) is 5.43. The minimum atomic E-state index is 0.0464. The largest absolute Gasteiger partial charge is 0.382 e. The zero-order chi connectivity index (χ0) is 15.0. The second-order valence-electron chi connectivity index (χ2n) is 6.66. The zero-order valence-electron chi connectivity index (χ0n) is 12.8. The van der Waals surface area contributed by atoms with E-state index in [0.29, 0.717) is 28.6 Å². The number of rotatable bonds is 3. The highest BCUT2D eigenvalue weighted by molar-refractivity contribution is 7.18. The molecular weight excluding hydrogens is 284 g/mol. The van der Waals surface area contributed by atoms with Crippen molar-refractivity contribution in [3.63, 3.8) is 0 Å². The number of likely N-dealkylation sites (tertiary alicyclic amines) is 1. The molecule has 3 rings (SSSR count). The minimum Gasteiger partial charge on any atom is -0.382 e. The van der Waals surface area contributed by atoms with Crippen molar-refractivity contribution in [2.45, 2.75) is 45.6 Å². The van der Waals surface area contributed by atoms with E-state index in [9.17, 15) is 4.79 Å². The number of nitrogen functional groups attached to an aromatic ring is 1. The summed E-state index contributed by atoms with van der Waals surface area (Å²) in [5.41, 5.74) is 5.97. The van der Waals surface area contributed by atoms with Crippen LogP contribution in [0.25, 0.3) is 0 Å². The molecule has 1 saturated carbocycles. The van der Waals surface area contributed by atoms with Gasteiger partial charge in [-0.15, -0.1) is 0 Å². The van der Waals surface area contributed by atoms with Crippen molar-refractivity contribution in [1.29, 1.82) is 0 Å². The average molecular weight is 308 g/mol. The number of piperidine rings is 1. The molecule has 5 nitrogen and oxygen atoms in total. The first kappa shape index (κ1) is 14.6. The smallest absolute Gasteiger partial charge is 0.267 e. The summed E-state index contributed by atoms with van der Waals surface area (Å²) in [5.74, 6) is 1.53. The topological polar surface area (TPSA) is 71.2 Å². The van der Waals surface area contributed by atoms with Crippen LogP contribution in [-0.4, -0.2) is 34.9 Å². The Morgan fingerprint density at radius 3 is 2.57 bits per heavy atom. The van der Waals surface area contributed by atoms with Gasteiger partial charge in [0.25, 0.3) is 5.91 Å². The number of amides is 1. The van der Waals surface area contributed by atoms with Crippen LogP contribution in [0, 0.1) is 11.8 Å². The normalized spacial score (nSPS) is 26.5. The van der Waals surface area contributed by atoms with Crippen LogP contribution in [0.4, 0.5) is 10.9 Å². The number of thiazole rings is 1. The first-order valence-corrected chi connectivity index (χ1v) is 8.66. The highest BCUT2D eigenvalue weighted by Crippen LogP contribution is 2.31. The summed E-state index contributed by atoms with van der Waals surface area (Å²) in [4.78, 5) is 19.5. The molecule has 6 heteroatoms. The van der Waals surface area contributed by atoms with Gasteiger partial charge in [0.1, 0.15) is 10.7 Å². The zero-order valence-corrected chi connectivity index (χ0v) is 13.6. The third-order valence-electron chi connectivity index (χ3n) is 4.44. The van der Waals surface area contributed by atoms with E-state index in [1.54, 1.807) is 0 Å². The van der Waals surface area contributed by atoms with E-state index in [2.05, 4.69) is 24.1 Å². The number of nitrogens with zero attached hydrogens (tertiary/aromatic N) is 2. The molecule has 3 N–H and O–H groups in total. The Morgan fingerprint density at radius 1 is 1.33 bits per heavy atom. The Kier molecular flexibility index (Phi) is 4.06. The van der Waals surface area contributed by atoms with Gasteiger partial charge in [-0.3, -0.25) is 4.79 Å². The van der Waals surface area contributed by atoms with Gasteiger partial charge in [-0.2, -0.15) is 0 Å². The molecule has 2 atom stereocenters. The van der Waals surface area contributed by atoms with Gasteiger partial charge >= 0.3 is 0 Å². The Labute approximate surface area is 129 Å². The number of hydrogen-bond acceptors (Lipinski definition) is 5. The molecular formula is C15H24N4OS. The molecule has 116 valence electrons. The van der Waals surface area contributed by atoms with Gasteiger partial charge < -0.3 is 16.0 Å². The van der Waals surface area contributed by atoms with Crippen molar-refractivity contribution >= 4 is 28.2 Å². The van der Waals surface area contributed by atoms with E-state index in [4.69, 9.17) is 5.73 Å². The highest BCUT2D eigenvalue weighted by atomic mass is 32.1. The monoisotopic (exact) mass is 308 g/mol. The standard InChI is InChI=1S/C15H24N4OS/c1-9-6-10(2)8-19(7-9)14(20)12-13(16)18-15(21-12)17-11-4-3-5-11/h9-11H,3-8,16H2,1-2H3,(H,17,18). The van der Waals surface area contributed by atoms with E-state index < -0.39 is 0 Å². The molecule has 0 spiro atoms. The first-order chi connectivity index (χ1) is 10.0. The maximum absolute atomic E-state index is 12.7. The molecule has 0 radical (unpaired) electrons. The van der Waals surface area contributed by atoms with Crippen LogP contribution in [-0.2, 0) is 0 Å². The fraction of sp³-hybridized carbons (Fsp3) is 0.733. The van der Waals surface area contributed by atoms with E-state index >= 15 is 0 Å². The number of carbonyl (C=O) groups excluding carboxylic acids is 1. The van der Waals surface area contributed by atoms with Crippen molar-refractivity contribution < 1.29 is 4.79 Å². The van der Waals surface area contributed by atoms with Crippen LogP contribution in [0.2, 0.25) is 0 Å². The van der Waals surface area contributed by atoms with Crippen molar-refractivity contribution in [3.05, 3.63) is 4.88 Å².